The number of hydrogen-bond acceptors (Lipinski definition) is 3. The molecule has 1 aliphatic carbocycles. The summed E-state index contributed by atoms with van der Waals surface area (Å²) < 4.78 is 27.0. The van der Waals surface area contributed by atoms with E-state index in [4.69, 9.17) is 16.7 Å². The van der Waals surface area contributed by atoms with Gasteiger partial charge in [0.15, 0.2) is 0 Å². The Bertz CT molecular complexity index is 555. The molecule has 106 valence electrons. The molecule has 1 unspecified atom stereocenters. The molecule has 2 rings (SSSR count). The van der Waals surface area contributed by atoms with Crippen LogP contribution in [-0.2, 0) is 16.6 Å². The molecule has 0 radical (unpaired) electrons. The van der Waals surface area contributed by atoms with E-state index in [0.717, 1.165) is 0 Å². The van der Waals surface area contributed by atoms with Crippen molar-refractivity contribution in [1.29, 1.82) is 0 Å². The Morgan fingerprint density at radius 3 is 2.74 bits per heavy atom. The highest BCUT2D eigenvalue weighted by Crippen LogP contribution is 2.36. The second kappa shape index (κ2) is 5.79. The number of aliphatic hydroxyl groups excluding tert-OH is 1. The molecule has 6 heteroatoms. The van der Waals surface area contributed by atoms with Gasteiger partial charge in [-0.05, 0) is 42.4 Å². The average molecular weight is 304 g/mol. The van der Waals surface area contributed by atoms with E-state index in [2.05, 4.69) is 4.72 Å². The SMILES string of the molecule is CC(CNS(=O)(=O)c1cc(CO)ccc1Cl)C1CC1. The lowest BCUT2D eigenvalue weighted by Crippen LogP contribution is -2.29. The molecule has 1 aliphatic rings. The third-order valence-corrected chi connectivity index (χ3v) is 5.39. The molecule has 1 saturated carbocycles. The second-order valence-corrected chi connectivity index (χ2v) is 7.23. The Morgan fingerprint density at radius 2 is 2.16 bits per heavy atom. The summed E-state index contributed by atoms with van der Waals surface area (Å²) in [6.45, 7) is 2.26. The van der Waals surface area contributed by atoms with Crippen molar-refractivity contribution < 1.29 is 13.5 Å². The minimum absolute atomic E-state index is 0.0312. The molecule has 4 nitrogen and oxygen atoms in total. The molecule has 0 heterocycles. The molecule has 1 fully saturated rings. The highest BCUT2D eigenvalue weighted by molar-refractivity contribution is 7.89. The lowest BCUT2D eigenvalue weighted by atomic mass is 10.1. The fourth-order valence-corrected chi connectivity index (χ4v) is 3.69. The van der Waals surface area contributed by atoms with Crippen molar-refractivity contribution in [3.63, 3.8) is 0 Å². The average Bonchev–Trinajstić information content (AvgIpc) is 3.20. The molecular formula is C13H18ClNO3S. The lowest BCUT2D eigenvalue weighted by Gasteiger charge is -2.13. The van der Waals surface area contributed by atoms with E-state index in [9.17, 15) is 8.42 Å². The molecule has 1 aromatic rings. The maximum atomic E-state index is 12.2. The summed E-state index contributed by atoms with van der Waals surface area (Å²) in [4.78, 5) is 0.0312. The van der Waals surface area contributed by atoms with Crippen molar-refractivity contribution in [3.8, 4) is 0 Å². The van der Waals surface area contributed by atoms with Crippen LogP contribution in [0.5, 0.6) is 0 Å². The van der Waals surface area contributed by atoms with E-state index in [0.29, 0.717) is 23.9 Å². The van der Waals surface area contributed by atoms with Crippen molar-refractivity contribution in [1.82, 2.24) is 4.72 Å². The monoisotopic (exact) mass is 303 g/mol. The van der Waals surface area contributed by atoms with E-state index in [-0.39, 0.29) is 16.5 Å². The highest BCUT2D eigenvalue weighted by Gasteiger charge is 2.29. The summed E-state index contributed by atoms with van der Waals surface area (Å²) in [6.07, 6.45) is 2.37. The predicted octanol–water partition coefficient (Wildman–Crippen LogP) is 2.16. The first kappa shape index (κ1) is 14.8. The van der Waals surface area contributed by atoms with Crippen LogP contribution in [0.2, 0.25) is 5.02 Å². The van der Waals surface area contributed by atoms with Crippen molar-refractivity contribution in [2.45, 2.75) is 31.3 Å². The summed E-state index contributed by atoms with van der Waals surface area (Å²) in [7, 11) is -3.62. The number of aliphatic hydroxyl groups is 1. The normalized spacial score (nSPS) is 17.4. The van der Waals surface area contributed by atoms with Crippen molar-refractivity contribution in [3.05, 3.63) is 28.8 Å². The van der Waals surface area contributed by atoms with Crippen LogP contribution >= 0.6 is 11.6 Å². The van der Waals surface area contributed by atoms with Crippen LogP contribution in [0.1, 0.15) is 25.3 Å². The lowest BCUT2D eigenvalue weighted by molar-refractivity contribution is 0.281. The zero-order chi connectivity index (χ0) is 14.0. The summed E-state index contributed by atoms with van der Waals surface area (Å²) in [5, 5.41) is 9.23. The summed E-state index contributed by atoms with van der Waals surface area (Å²) in [5.74, 6) is 0.983. The topological polar surface area (TPSA) is 66.4 Å². The van der Waals surface area contributed by atoms with E-state index in [1.807, 2.05) is 6.92 Å². The molecule has 19 heavy (non-hydrogen) atoms. The smallest absolute Gasteiger partial charge is 0.242 e. The van der Waals surface area contributed by atoms with Crippen LogP contribution in [-0.4, -0.2) is 20.1 Å². The highest BCUT2D eigenvalue weighted by atomic mass is 35.5. The Labute approximate surface area is 118 Å². The van der Waals surface area contributed by atoms with Gasteiger partial charge in [0.2, 0.25) is 10.0 Å². The van der Waals surface area contributed by atoms with Gasteiger partial charge in [-0.25, -0.2) is 13.1 Å². The maximum absolute atomic E-state index is 12.2. The van der Waals surface area contributed by atoms with Gasteiger partial charge in [0.05, 0.1) is 11.6 Å². The molecule has 0 aromatic heterocycles. The fourth-order valence-electron chi connectivity index (χ4n) is 2.00. The Morgan fingerprint density at radius 1 is 1.47 bits per heavy atom. The van der Waals surface area contributed by atoms with Crippen LogP contribution in [0.25, 0.3) is 0 Å². The van der Waals surface area contributed by atoms with Crippen LogP contribution < -0.4 is 4.72 Å². The van der Waals surface area contributed by atoms with E-state index >= 15 is 0 Å². The maximum Gasteiger partial charge on any atom is 0.242 e. The zero-order valence-corrected chi connectivity index (χ0v) is 12.3. The van der Waals surface area contributed by atoms with Crippen LogP contribution in [0.15, 0.2) is 23.1 Å². The summed E-state index contributed by atoms with van der Waals surface area (Å²) in [6, 6.07) is 4.51. The molecule has 1 aromatic carbocycles. The molecular weight excluding hydrogens is 286 g/mol. The number of hydrogen-bond donors (Lipinski definition) is 2. The van der Waals surface area contributed by atoms with Crippen molar-refractivity contribution in [2.75, 3.05) is 6.54 Å². The number of halogens is 1. The van der Waals surface area contributed by atoms with Gasteiger partial charge in [-0.2, -0.15) is 0 Å². The van der Waals surface area contributed by atoms with Gasteiger partial charge in [-0.1, -0.05) is 24.6 Å². The fraction of sp³-hybridized carbons (Fsp3) is 0.538. The number of benzene rings is 1. The molecule has 0 saturated heterocycles. The third-order valence-electron chi connectivity index (χ3n) is 3.49. The Balaban J connectivity index is 2.13. The minimum Gasteiger partial charge on any atom is -0.392 e. The first-order chi connectivity index (χ1) is 8.94. The molecule has 0 spiro atoms. The molecule has 0 aliphatic heterocycles. The van der Waals surface area contributed by atoms with Crippen molar-refractivity contribution >= 4 is 21.6 Å². The summed E-state index contributed by atoms with van der Waals surface area (Å²) >= 11 is 5.93. The zero-order valence-electron chi connectivity index (χ0n) is 10.8. The standard InChI is InChI=1S/C13H18ClNO3S/c1-9(11-3-4-11)7-15-19(17,18)13-6-10(8-16)2-5-12(13)14/h2,5-6,9,11,15-16H,3-4,7-8H2,1H3. The van der Waals surface area contributed by atoms with E-state index in [1.165, 1.54) is 25.0 Å². The predicted molar refractivity (Wildman–Crippen MR) is 74.5 cm³/mol. The van der Waals surface area contributed by atoms with Gasteiger partial charge in [-0.15, -0.1) is 0 Å². The van der Waals surface area contributed by atoms with Gasteiger partial charge in [-0.3, -0.25) is 0 Å². The van der Waals surface area contributed by atoms with Gasteiger partial charge < -0.3 is 5.11 Å². The third kappa shape index (κ3) is 3.69. The van der Waals surface area contributed by atoms with Crippen LogP contribution in [0, 0.1) is 11.8 Å². The van der Waals surface area contributed by atoms with Crippen LogP contribution in [0.4, 0.5) is 0 Å². The molecule has 0 bridgehead atoms. The van der Waals surface area contributed by atoms with E-state index in [1.54, 1.807) is 6.07 Å². The number of sulfonamides is 1. The first-order valence-electron chi connectivity index (χ1n) is 6.33. The van der Waals surface area contributed by atoms with Crippen molar-refractivity contribution in [2.24, 2.45) is 11.8 Å². The minimum atomic E-state index is -3.62. The van der Waals surface area contributed by atoms with Gasteiger partial charge in [0.1, 0.15) is 4.90 Å². The van der Waals surface area contributed by atoms with Gasteiger partial charge >= 0.3 is 0 Å². The molecule has 2 N–H and O–H groups in total. The molecule has 0 amide bonds. The quantitative estimate of drug-likeness (QED) is 0.846. The van der Waals surface area contributed by atoms with E-state index < -0.39 is 10.0 Å². The van der Waals surface area contributed by atoms with Gasteiger partial charge in [0.25, 0.3) is 0 Å². The number of rotatable bonds is 6. The van der Waals surface area contributed by atoms with Gasteiger partial charge in [0, 0.05) is 6.54 Å². The van der Waals surface area contributed by atoms with Crippen LogP contribution in [0.3, 0.4) is 0 Å². The largest absolute Gasteiger partial charge is 0.392 e. The Kier molecular flexibility index (Phi) is 4.50. The number of nitrogens with one attached hydrogen (secondary N) is 1. The molecule has 1 atom stereocenters. The Hall–Kier alpha value is -0.620. The first-order valence-corrected chi connectivity index (χ1v) is 8.19. The summed E-state index contributed by atoms with van der Waals surface area (Å²) in [5.41, 5.74) is 0.528. The second-order valence-electron chi connectivity index (χ2n) is 5.09.